The lowest BCUT2D eigenvalue weighted by molar-refractivity contribution is -0.135. The van der Waals surface area contributed by atoms with Gasteiger partial charge in [0.1, 0.15) is 6.42 Å². The Hall–Kier alpha value is -2.61. The third kappa shape index (κ3) is 2.38. The molecule has 90 valence electrons. The van der Waals surface area contributed by atoms with Gasteiger partial charge < -0.3 is 9.67 Å². The summed E-state index contributed by atoms with van der Waals surface area (Å²) in [5.41, 5.74) is 1.05. The van der Waals surface area contributed by atoms with E-state index >= 15 is 0 Å². The summed E-state index contributed by atoms with van der Waals surface area (Å²) in [5.74, 6) is 4.26. The molecule has 0 aliphatic heterocycles. The lowest BCUT2D eigenvalue weighted by Gasteiger charge is -2.00. The number of benzene rings is 1. The van der Waals surface area contributed by atoms with Crippen molar-refractivity contribution in [1.82, 2.24) is 9.55 Å². The van der Waals surface area contributed by atoms with E-state index in [1.807, 2.05) is 0 Å². The number of carbonyl (C=O) groups is 1. The first-order valence-corrected chi connectivity index (χ1v) is 5.24. The molecule has 5 nitrogen and oxygen atoms in total. The Morgan fingerprint density at radius 1 is 1.50 bits per heavy atom. The molecule has 2 rings (SSSR count). The van der Waals surface area contributed by atoms with Crippen LogP contribution in [0.4, 0.5) is 0 Å². The normalized spacial score (nSPS) is 9.83. The van der Waals surface area contributed by atoms with Crippen molar-refractivity contribution in [3.05, 3.63) is 40.4 Å². The summed E-state index contributed by atoms with van der Waals surface area (Å²) in [6.45, 7) is 0. The Balaban J connectivity index is 2.49. The molecule has 0 atom stereocenters. The monoisotopic (exact) mass is 242 g/mol. The molecule has 0 radical (unpaired) electrons. The van der Waals surface area contributed by atoms with Crippen LogP contribution in [0.2, 0.25) is 0 Å². The largest absolute Gasteiger partial charge is 0.481 e. The van der Waals surface area contributed by atoms with Crippen LogP contribution < -0.4 is 5.56 Å². The Morgan fingerprint density at radius 3 is 3.00 bits per heavy atom. The van der Waals surface area contributed by atoms with Crippen molar-refractivity contribution in [2.24, 2.45) is 7.05 Å². The second-order valence-electron chi connectivity index (χ2n) is 3.76. The molecule has 5 heteroatoms. The van der Waals surface area contributed by atoms with Crippen LogP contribution in [0.1, 0.15) is 12.0 Å². The Bertz CT molecular complexity index is 735. The molecule has 0 unspecified atom stereocenters. The molecule has 0 bridgehead atoms. The van der Waals surface area contributed by atoms with Crippen LogP contribution in [-0.4, -0.2) is 20.6 Å². The van der Waals surface area contributed by atoms with Gasteiger partial charge >= 0.3 is 5.97 Å². The van der Waals surface area contributed by atoms with Gasteiger partial charge in [0.25, 0.3) is 5.56 Å². The fourth-order valence-electron chi connectivity index (χ4n) is 1.51. The van der Waals surface area contributed by atoms with Gasteiger partial charge in [0.15, 0.2) is 0 Å². The molecule has 0 saturated carbocycles. The molecule has 2 aromatic rings. The SMILES string of the molecule is Cn1cnc2ccc(C#CCC(=O)O)cc2c1=O. The second kappa shape index (κ2) is 4.72. The number of fused-ring (bicyclic) bond motifs is 1. The van der Waals surface area contributed by atoms with Crippen LogP contribution in [0.25, 0.3) is 10.9 Å². The van der Waals surface area contributed by atoms with Gasteiger partial charge in [0.2, 0.25) is 0 Å². The van der Waals surface area contributed by atoms with Gasteiger partial charge in [0.05, 0.1) is 17.2 Å². The zero-order valence-corrected chi connectivity index (χ0v) is 9.67. The summed E-state index contributed by atoms with van der Waals surface area (Å²) >= 11 is 0. The van der Waals surface area contributed by atoms with E-state index in [2.05, 4.69) is 16.8 Å². The van der Waals surface area contributed by atoms with Crippen molar-refractivity contribution >= 4 is 16.9 Å². The average molecular weight is 242 g/mol. The molecule has 0 spiro atoms. The molecule has 0 aliphatic rings. The van der Waals surface area contributed by atoms with Crippen LogP contribution >= 0.6 is 0 Å². The highest BCUT2D eigenvalue weighted by atomic mass is 16.4. The van der Waals surface area contributed by atoms with Crippen LogP contribution in [0, 0.1) is 11.8 Å². The summed E-state index contributed by atoms with van der Waals surface area (Å²) in [4.78, 5) is 26.3. The van der Waals surface area contributed by atoms with Crippen LogP contribution in [-0.2, 0) is 11.8 Å². The number of aryl methyl sites for hydroxylation is 1. The van der Waals surface area contributed by atoms with E-state index in [-0.39, 0.29) is 12.0 Å². The first-order valence-electron chi connectivity index (χ1n) is 5.24. The van der Waals surface area contributed by atoms with E-state index in [0.717, 1.165) is 0 Å². The number of nitrogens with zero attached hydrogens (tertiary/aromatic N) is 2. The van der Waals surface area contributed by atoms with Gasteiger partial charge in [0, 0.05) is 12.6 Å². The molecule has 18 heavy (non-hydrogen) atoms. The number of hydrogen-bond donors (Lipinski definition) is 1. The van der Waals surface area contributed by atoms with Crippen molar-refractivity contribution in [3.8, 4) is 11.8 Å². The standard InChI is InChI=1S/C13H10N2O3/c1-15-8-14-11-6-5-9(3-2-4-12(16)17)7-10(11)13(15)18/h5-8H,4H2,1H3,(H,16,17). The van der Waals surface area contributed by atoms with E-state index in [0.29, 0.717) is 16.5 Å². The minimum absolute atomic E-state index is 0.151. The van der Waals surface area contributed by atoms with Crippen molar-refractivity contribution in [1.29, 1.82) is 0 Å². The summed E-state index contributed by atoms with van der Waals surface area (Å²) in [7, 11) is 1.62. The van der Waals surface area contributed by atoms with E-state index in [1.54, 1.807) is 25.2 Å². The fraction of sp³-hybridized carbons (Fsp3) is 0.154. The zero-order valence-electron chi connectivity index (χ0n) is 9.67. The van der Waals surface area contributed by atoms with Crippen LogP contribution in [0.15, 0.2) is 29.3 Å². The zero-order chi connectivity index (χ0) is 13.1. The van der Waals surface area contributed by atoms with Crippen molar-refractivity contribution in [2.75, 3.05) is 0 Å². The van der Waals surface area contributed by atoms with E-state index in [4.69, 9.17) is 5.11 Å². The molecule has 0 aliphatic carbocycles. The molecular weight excluding hydrogens is 232 g/mol. The van der Waals surface area contributed by atoms with E-state index < -0.39 is 5.97 Å². The summed E-state index contributed by atoms with van der Waals surface area (Å²) in [6.07, 6.45) is 1.24. The fourth-order valence-corrected chi connectivity index (χ4v) is 1.51. The molecule has 0 amide bonds. The van der Waals surface area contributed by atoms with Gasteiger partial charge in [-0.3, -0.25) is 9.59 Å². The average Bonchev–Trinajstić information content (AvgIpc) is 2.34. The predicted octanol–water partition coefficient (Wildman–Crippen LogP) is 0.760. The van der Waals surface area contributed by atoms with Gasteiger partial charge in [-0.15, -0.1) is 0 Å². The second-order valence-corrected chi connectivity index (χ2v) is 3.76. The molecule has 1 heterocycles. The highest BCUT2D eigenvalue weighted by molar-refractivity contribution is 5.79. The van der Waals surface area contributed by atoms with E-state index in [9.17, 15) is 9.59 Å². The molecule has 0 saturated heterocycles. The van der Waals surface area contributed by atoms with Gasteiger partial charge in [-0.2, -0.15) is 0 Å². The van der Waals surface area contributed by atoms with Crippen molar-refractivity contribution < 1.29 is 9.90 Å². The minimum Gasteiger partial charge on any atom is -0.481 e. The number of hydrogen-bond acceptors (Lipinski definition) is 3. The maximum Gasteiger partial charge on any atom is 0.315 e. The molecular formula is C13H10N2O3. The summed E-state index contributed by atoms with van der Waals surface area (Å²) in [5, 5.41) is 8.95. The van der Waals surface area contributed by atoms with Gasteiger partial charge in [-0.25, -0.2) is 4.98 Å². The number of carboxylic acids is 1. The van der Waals surface area contributed by atoms with Crippen LogP contribution in [0.5, 0.6) is 0 Å². The summed E-state index contributed by atoms with van der Waals surface area (Å²) < 4.78 is 1.39. The summed E-state index contributed by atoms with van der Waals surface area (Å²) in [6, 6.07) is 5.03. The lowest BCUT2D eigenvalue weighted by atomic mass is 10.1. The maximum absolute atomic E-state index is 11.8. The Labute approximate surface area is 103 Å². The Morgan fingerprint density at radius 2 is 2.28 bits per heavy atom. The first kappa shape index (κ1) is 11.9. The molecule has 1 aromatic heterocycles. The smallest absolute Gasteiger partial charge is 0.315 e. The topological polar surface area (TPSA) is 72.2 Å². The minimum atomic E-state index is -0.971. The van der Waals surface area contributed by atoms with Crippen molar-refractivity contribution in [2.45, 2.75) is 6.42 Å². The molecule has 0 fully saturated rings. The first-order chi connectivity index (χ1) is 8.58. The number of rotatable bonds is 1. The van der Waals surface area contributed by atoms with Crippen LogP contribution in [0.3, 0.4) is 0 Å². The molecule has 1 N–H and O–H groups in total. The third-order valence-corrected chi connectivity index (χ3v) is 2.39. The number of carboxylic acid groups (broad SMARTS) is 1. The maximum atomic E-state index is 11.8. The predicted molar refractivity (Wildman–Crippen MR) is 66.1 cm³/mol. The highest BCUT2D eigenvalue weighted by Crippen LogP contribution is 2.08. The molecule has 1 aromatic carbocycles. The Kier molecular flexibility index (Phi) is 3.11. The number of aromatic nitrogens is 2. The van der Waals surface area contributed by atoms with Crippen molar-refractivity contribution in [3.63, 3.8) is 0 Å². The van der Waals surface area contributed by atoms with E-state index in [1.165, 1.54) is 10.9 Å². The van der Waals surface area contributed by atoms with Gasteiger partial charge in [-0.05, 0) is 18.2 Å². The third-order valence-electron chi connectivity index (χ3n) is 2.39. The quantitative estimate of drug-likeness (QED) is 0.749. The lowest BCUT2D eigenvalue weighted by Crippen LogP contribution is -2.16. The van der Waals surface area contributed by atoms with Gasteiger partial charge in [-0.1, -0.05) is 11.8 Å². The highest BCUT2D eigenvalue weighted by Gasteiger charge is 2.01. The number of aliphatic carboxylic acids is 1.